The first-order valence-electron chi connectivity index (χ1n) is 6.41. The molecule has 2 N–H and O–H groups in total. The highest BCUT2D eigenvalue weighted by Crippen LogP contribution is 2.30. The van der Waals surface area contributed by atoms with Gasteiger partial charge in [-0.15, -0.1) is 0 Å². The Morgan fingerprint density at radius 2 is 2.22 bits per heavy atom. The molecule has 18 heavy (non-hydrogen) atoms. The van der Waals surface area contributed by atoms with E-state index in [4.69, 9.17) is 0 Å². The van der Waals surface area contributed by atoms with E-state index < -0.39 is 5.60 Å². The molecule has 100 valence electrons. The van der Waals surface area contributed by atoms with Gasteiger partial charge in [0.15, 0.2) is 0 Å². The SMILES string of the molecule is Cn1ncnc1CNC(=O)CC1(O)CCCCC1. The van der Waals surface area contributed by atoms with E-state index in [9.17, 15) is 9.90 Å². The van der Waals surface area contributed by atoms with Gasteiger partial charge in [-0.05, 0) is 12.8 Å². The molecule has 0 unspecified atom stereocenters. The third-order valence-corrected chi connectivity index (χ3v) is 3.52. The topological polar surface area (TPSA) is 80.0 Å². The van der Waals surface area contributed by atoms with E-state index in [0.717, 1.165) is 32.1 Å². The van der Waals surface area contributed by atoms with Crippen LogP contribution in [0.5, 0.6) is 0 Å². The van der Waals surface area contributed by atoms with Crippen molar-refractivity contribution in [2.45, 2.75) is 50.7 Å². The monoisotopic (exact) mass is 252 g/mol. The van der Waals surface area contributed by atoms with Crippen LogP contribution in [0.15, 0.2) is 6.33 Å². The highest BCUT2D eigenvalue weighted by atomic mass is 16.3. The molecule has 1 aromatic rings. The number of rotatable bonds is 4. The summed E-state index contributed by atoms with van der Waals surface area (Å²) in [6.07, 6.45) is 6.26. The average Bonchev–Trinajstić information content (AvgIpc) is 2.72. The average molecular weight is 252 g/mol. The molecule has 1 saturated carbocycles. The summed E-state index contributed by atoms with van der Waals surface area (Å²) in [5, 5.41) is 17.0. The zero-order valence-electron chi connectivity index (χ0n) is 10.7. The van der Waals surface area contributed by atoms with Gasteiger partial charge < -0.3 is 10.4 Å². The van der Waals surface area contributed by atoms with E-state index in [1.807, 2.05) is 0 Å². The second-order valence-corrected chi connectivity index (χ2v) is 5.04. The number of hydrogen-bond acceptors (Lipinski definition) is 4. The van der Waals surface area contributed by atoms with Crippen LogP contribution in [0.3, 0.4) is 0 Å². The summed E-state index contributed by atoms with van der Waals surface area (Å²) >= 11 is 0. The minimum atomic E-state index is -0.803. The number of carbonyl (C=O) groups is 1. The first-order chi connectivity index (χ1) is 8.59. The van der Waals surface area contributed by atoms with E-state index in [1.165, 1.54) is 6.33 Å². The van der Waals surface area contributed by atoms with Gasteiger partial charge >= 0.3 is 0 Å². The van der Waals surface area contributed by atoms with Crippen LogP contribution in [0, 0.1) is 0 Å². The van der Waals surface area contributed by atoms with Crippen molar-refractivity contribution < 1.29 is 9.90 Å². The maximum Gasteiger partial charge on any atom is 0.223 e. The summed E-state index contributed by atoms with van der Waals surface area (Å²) in [4.78, 5) is 15.8. The lowest BCUT2D eigenvalue weighted by atomic mass is 9.82. The van der Waals surface area contributed by atoms with Crippen molar-refractivity contribution in [2.24, 2.45) is 7.05 Å². The third kappa shape index (κ3) is 3.29. The van der Waals surface area contributed by atoms with Crippen molar-refractivity contribution in [3.8, 4) is 0 Å². The number of nitrogens with zero attached hydrogens (tertiary/aromatic N) is 3. The molecule has 1 aromatic heterocycles. The van der Waals surface area contributed by atoms with Gasteiger partial charge in [-0.1, -0.05) is 19.3 Å². The van der Waals surface area contributed by atoms with Crippen LogP contribution >= 0.6 is 0 Å². The number of amides is 1. The molecule has 0 bridgehead atoms. The van der Waals surface area contributed by atoms with Crippen molar-refractivity contribution in [1.82, 2.24) is 20.1 Å². The highest BCUT2D eigenvalue weighted by molar-refractivity contribution is 5.76. The molecule has 0 atom stereocenters. The standard InChI is InChI=1S/C12H20N4O2/c1-16-10(14-9-15-16)8-13-11(17)7-12(18)5-3-2-4-6-12/h9,18H,2-8H2,1H3,(H,13,17). The summed E-state index contributed by atoms with van der Waals surface area (Å²) in [5.74, 6) is 0.585. The van der Waals surface area contributed by atoms with E-state index in [0.29, 0.717) is 12.4 Å². The number of aromatic nitrogens is 3. The minimum absolute atomic E-state index is 0.123. The molecule has 1 aliphatic carbocycles. The zero-order chi connectivity index (χ0) is 13.0. The lowest BCUT2D eigenvalue weighted by molar-refractivity contribution is -0.127. The third-order valence-electron chi connectivity index (χ3n) is 3.52. The Kier molecular flexibility index (Phi) is 3.96. The van der Waals surface area contributed by atoms with Gasteiger partial charge in [-0.2, -0.15) is 5.10 Å². The zero-order valence-corrected chi connectivity index (χ0v) is 10.7. The molecule has 0 aromatic carbocycles. The second kappa shape index (κ2) is 5.48. The van der Waals surface area contributed by atoms with Gasteiger partial charge in [0.1, 0.15) is 12.2 Å². The van der Waals surface area contributed by atoms with E-state index in [-0.39, 0.29) is 12.3 Å². The Balaban J connectivity index is 1.80. The van der Waals surface area contributed by atoms with Crippen molar-refractivity contribution >= 4 is 5.91 Å². The molecule has 1 fully saturated rings. The molecule has 2 rings (SSSR count). The molecule has 1 heterocycles. The number of hydrogen-bond donors (Lipinski definition) is 2. The normalized spacial score (nSPS) is 18.6. The molecule has 1 aliphatic rings. The van der Waals surface area contributed by atoms with Crippen LogP contribution in [0.25, 0.3) is 0 Å². The fraction of sp³-hybridized carbons (Fsp3) is 0.750. The molecule has 6 heteroatoms. The largest absolute Gasteiger partial charge is 0.389 e. The predicted octanol–water partition coefficient (Wildman–Crippen LogP) is 0.517. The van der Waals surface area contributed by atoms with Crippen LogP contribution in [0.4, 0.5) is 0 Å². The summed E-state index contributed by atoms with van der Waals surface area (Å²) in [6.45, 7) is 0.353. The molecule has 0 saturated heterocycles. The van der Waals surface area contributed by atoms with E-state index >= 15 is 0 Å². The Bertz CT molecular complexity index is 410. The smallest absolute Gasteiger partial charge is 0.223 e. The highest BCUT2D eigenvalue weighted by Gasteiger charge is 2.31. The van der Waals surface area contributed by atoms with Gasteiger partial charge in [0.05, 0.1) is 18.6 Å². The van der Waals surface area contributed by atoms with Gasteiger partial charge in [0.2, 0.25) is 5.91 Å². The van der Waals surface area contributed by atoms with Crippen molar-refractivity contribution in [2.75, 3.05) is 0 Å². The number of aliphatic hydroxyl groups is 1. The van der Waals surface area contributed by atoms with Crippen molar-refractivity contribution in [3.63, 3.8) is 0 Å². The Labute approximate surface area is 106 Å². The lowest BCUT2D eigenvalue weighted by Crippen LogP contribution is -2.38. The van der Waals surface area contributed by atoms with Crippen molar-refractivity contribution in [3.05, 3.63) is 12.2 Å². The maximum atomic E-state index is 11.8. The minimum Gasteiger partial charge on any atom is -0.389 e. The quantitative estimate of drug-likeness (QED) is 0.818. The molecule has 1 amide bonds. The first kappa shape index (κ1) is 13.0. The van der Waals surface area contributed by atoms with E-state index in [1.54, 1.807) is 11.7 Å². The Hall–Kier alpha value is -1.43. The predicted molar refractivity (Wildman–Crippen MR) is 65.5 cm³/mol. The first-order valence-corrected chi connectivity index (χ1v) is 6.41. The number of nitrogens with one attached hydrogen (secondary N) is 1. The lowest BCUT2D eigenvalue weighted by Gasteiger charge is -2.31. The summed E-state index contributed by atoms with van der Waals surface area (Å²) in [6, 6.07) is 0. The van der Waals surface area contributed by atoms with Gasteiger partial charge in [-0.3, -0.25) is 9.48 Å². The van der Waals surface area contributed by atoms with E-state index in [2.05, 4.69) is 15.4 Å². The molecule has 0 aliphatic heterocycles. The summed E-state index contributed by atoms with van der Waals surface area (Å²) in [7, 11) is 1.78. The molecule has 6 nitrogen and oxygen atoms in total. The molecule has 0 radical (unpaired) electrons. The second-order valence-electron chi connectivity index (χ2n) is 5.04. The van der Waals surface area contributed by atoms with Gasteiger partial charge in [0.25, 0.3) is 0 Å². The molecular formula is C12H20N4O2. The fourth-order valence-corrected chi connectivity index (χ4v) is 2.41. The number of aryl methyl sites for hydroxylation is 1. The summed E-state index contributed by atoms with van der Waals surface area (Å²) < 4.78 is 1.62. The van der Waals surface area contributed by atoms with Crippen LogP contribution in [0.2, 0.25) is 0 Å². The van der Waals surface area contributed by atoms with Gasteiger partial charge in [-0.25, -0.2) is 4.98 Å². The molecule has 0 spiro atoms. The Morgan fingerprint density at radius 3 is 2.83 bits per heavy atom. The maximum absolute atomic E-state index is 11.8. The summed E-state index contributed by atoms with van der Waals surface area (Å²) in [5.41, 5.74) is -0.803. The van der Waals surface area contributed by atoms with Crippen LogP contribution in [-0.4, -0.2) is 31.4 Å². The fourth-order valence-electron chi connectivity index (χ4n) is 2.41. The van der Waals surface area contributed by atoms with Crippen LogP contribution in [-0.2, 0) is 18.4 Å². The van der Waals surface area contributed by atoms with Crippen LogP contribution < -0.4 is 5.32 Å². The Morgan fingerprint density at radius 1 is 1.50 bits per heavy atom. The number of carbonyl (C=O) groups excluding carboxylic acids is 1. The van der Waals surface area contributed by atoms with Gasteiger partial charge in [0, 0.05) is 7.05 Å². The molecular weight excluding hydrogens is 232 g/mol. The van der Waals surface area contributed by atoms with Crippen molar-refractivity contribution in [1.29, 1.82) is 0 Å². The van der Waals surface area contributed by atoms with Crippen LogP contribution in [0.1, 0.15) is 44.3 Å².